The van der Waals surface area contributed by atoms with Gasteiger partial charge in [0.2, 0.25) is 5.91 Å². The number of hydrogen-bond acceptors (Lipinski definition) is 3. The van der Waals surface area contributed by atoms with Crippen molar-refractivity contribution >= 4 is 16.9 Å². The van der Waals surface area contributed by atoms with Crippen LogP contribution in [0.25, 0.3) is 22.3 Å². The van der Waals surface area contributed by atoms with Crippen LogP contribution in [0.2, 0.25) is 0 Å². The van der Waals surface area contributed by atoms with Gasteiger partial charge in [-0.05, 0) is 56.2 Å². The van der Waals surface area contributed by atoms with Gasteiger partial charge in [0.05, 0.1) is 22.9 Å². The van der Waals surface area contributed by atoms with Gasteiger partial charge in [-0.15, -0.1) is 0 Å². The predicted molar refractivity (Wildman–Crippen MR) is 116 cm³/mol. The van der Waals surface area contributed by atoms with Crippen molar-refractivity contribution in [1.82, 2.24) is 24.6 Å². The quantitative estimate of drug-likeness (QED) is 0.703. The number of nitrogens with zero attached hydrogens (tertiary/aromatic N) is 4. The molecule has 6 rings (SSSR count). The molecular weight excluding hydrogens is 374 g/mol. The summed E-state index contributed by atoms with van der Waals surface area (Å²) in [6, 6.07) is 7.26. The zero-order valence-corrected chi connectivity index (χ0v) is 17.3. The number of pyridine rings is 1. The molecule has 1 aliphatic carbocycles. The second-order valence-electron chi connectivity index (χ2n) is 9.43. The van der Waals surface area contributed by atoms with Crippen molar-refractivity contribution in [2.75, 3.05) is 0 Å². The molecule has 3 aromatic rings. The number of rotatable bonds is 4. The number of aromatic nitrogens is 4. The molecule has 0 radical (unpaired) electrons. The molecule has 1 saturated carbocycles. The van der Waals surface area contributed by atoms with Crippen molar-refractivity contribution in [2.45, 2.75) is 70.0 Å². The van der Waals surface area contributed by atoms with Gasteiger partial charge in [-0.25, -0.2) is 4.98 Å². The van der Waals surface area contributed by atoms with Gasteiger partial charge in [-0.1, -0.05) is 19.3 Å². The Morgan fingerprint density at radius 2 is 2.00 bits per heavy atom. The zero-order valence-electron chi connectivity index (χ0n) is 17.3. The van der Waals surface area contributed by atoms with E-state index in [0.29, 0.717) is 29.8 Å². The van der Waals surface area contributed by atoms with Gasteiger partial charge in [0.15, 0.2) is 0 Å². The summed E-state index contributed by atoms with van der Waals surface area (Å²) < 4.78 is 2.34. The minimum atomic E-state index is 0.290. The Morgan fingerprint density at radius 1 is 1.10 bits per heavy atom. The largest absolute Gasteiger partial charge is 0.346 e. The Bertz CT molecular complexity index is 1050. The summed E-state index contributed by atoms with van der Waals surface area (Å²) in [5.41, 5.74) is 4.15. The molecule has 30 heavy (non-hydrogen) atoms. The Balaban J connectivity index is 1.21. The summed E-state index contributed by atoms with van der Waals surface area (Å²) in [5, 5.41) is 6.88. The highest BCUT2D eigenvalue weighted by atomic mass is 16.2. The lowest BCUT2D eigenvalue weighted by Gasteiger charge is -2.30. The maximum absolute atomic E-state index is 13.3. The third-order valence-electron chi connectivity index (χ3n) is 7.72. The van der Waals surface area contributed by atoms with Crippen LogP contribution >= 0.6 is 0 Å². The molecule has 3 aromatic heterocycles. The molecule has 5 heterocycles. The highest BCUT2D eigenvalue weighted by Gasteiger charge is 2.49. The third-order valence-corrected chi connectivity index (χ3v) is 7.72. The van der Waals surface area contributed by atoms with Gasteiger partial charge in [0.25, 0.3) is 0 Å². The van der Waals surface area contributed by atoms with E-state index in [1.807, 2.05) is 6.20 Å². The van der Waals surface area contributed by atoms with E-state index in [0.717, 1.165) is 42.6 Å². The van der Waals surface area contributed by atoms with Crippen molar-refractivity contribution in [3.05, 3.63) is 36.8 Å². The Hall–Kier alpha value is -2.63. The molecule has 2 bridgehead atoms. The number of aromatic amines is 1. The highest BCUT2D eigenvalue weighted by molar-refractivity contribution is 5.81. The Labute approximate surface area is 176 Å². The van der Waals surface area contributed by atoms with E-state index < -0.39 is 0 Å². The molecule has 3 atom stereocenters. The number of H-pyrrole nitrogens is 1. The van der Waals surface area contributed by atoms with Crippen LogP contribution in [0.3, 0.4) is 0 Å². The fourth-order valence-electron chi connectivity index (χ4n) is 6.25. The molecule has 2 saturated heterocycles. The molecule has 3 fully saturated rings. The maximum atomic E-state index is 13.3. The van der Waals surface area contributed by atoms with Gasteiger partial charge in [0, 0.05) is 42.5 Å². The van der Waals surface area contributed by atoms with Crippen LogP contribution in [0.15, 0.2) is 36.8 Å². The molecule has 3 aliphatic rings. The van der Waals surface area contributed by atoms with Crippen LogP contribution in [0.4, 0.5) is 0 Å². The molecule has 0 aromatic carbocycles. The summed E-state index contributed by atoms with van der Waals surface area (Å²) in [6.07, 6.45) is 15.3. The first-order chi connectivity index (χ1) is 14.8. The molecule has 0 spiro atoms. The molecular formula is C24H29N5O. The average Bonchev–Trinajstić information content (AvgIpc) is 3.58. The van der Waals surface area contributed by atoms with E-state index in [9.17, 15) is 4.79 Å². The number of carbonyl (C=O) groups excluding carboxylic acids is 1. The summed E-state index contributed by atoms with van der Waals surface area (Å²) in [7, 11) is 0. The average molecular weight is 404 g/mol. The van der Waals surface area contributed by atoms with Gasteiger partial charge in [0.1, 0.15) is 0 Å². The third kappa shape index (κ3) is 2.96. The van der Waals surface area contributed by atoms with E-state index in [2.05, 4.69) is 44.1 Å². The van der Waals surface area contributed by atoms with Crippen molar-refractivity contribution in [2.24, 2.45) is 11.8 Å². The minimum Gasteiger partial charge on any atom is -0.346 e. The minimum absolute atomic E-state index is 0.290. The lowest BCUT2D eigenvalue weighted by Crippen LogP contribution is -2.41. The van der Waals surface area contributed by atoms with Crippen LogP contribution in [-0.2, 0) is 11.3 Å². The molecule has 156 valence electrons. The van der Waals surface area contributed by atoms with E-state index in [-0.39, 0.29) is 0 Å². The van der Waals surface area contributed by atoms with Gasteiger partial charge >= 0.3 is 0 Å². The smallest absolute Gasteiger partial charge is 0.226 e. The topological polar surface area (TPSA) is 66.8 Å². The predicted octanol–water partition coefficient (Wildman–Crippen LogP) is 4.39. The lowest BCUT2D eigenvalue weighted by atomic mass is 9.88. The number of amides is 1. The van der Waals surface area contributed by atoms with E-state index in [4.69, 9.17) is 4.98 Å². The first-order valence-electron chi connectivity index (χ1n) is 11.5. The Kier molecular flexibility index (Phi) is 4.39. The standard InChI is InChI=1S/C24H29N5O/c30-24(16-4-2-1-3-5-16)29-19-6-8-22(29)17(12-19)15-28-11-10-21-23(28)9-7-20(27-21)18-13-25-26-14-18/h7,9-11,13-14,16-17,19,22H,1-6,8,12,15H2,(H,25,26). The van der Waals surface area contributed by atoms with Crippen LogP contribution in [0, 0.1) is 11.8 Å². The van der Waals surface area contributed by atoms with Crippen LogP contribution in [0.5, 0.6) is 0 Å². The maximum Gasteiger partial charge on any atom is 0.226 e. The van der Waals surface area contributed by atoms with Crippen molar-refractivity contribution in [1.29, 1.82) is 0 Å². The molecule has 1 N–H and O–H groups in total. The van der Waals surface area contributed by atoms with E-state index >= 15 is 0 Å². The van der Waals surface area contributed by atoms with Gasteiger partial charge < -0.3 is 9.47 Å². The number of nitrogens with one attached hydrogen (secondary N) is 1. The number of fused-ring (bicyclic) bond motifs is 3. The van der Waals surface area contributed by atoms with Crippen molar-refractivity contribution in [3.63, 3.8) is 0 Å². The Morgan fingerprint density at radius 3 is 2.83 bits per heavy atom. The second-order valence-corrected chi connectivity index (χ2v) is 9.43. The first kappa shape index (κ1) is 18.2. The zero-order chi connectivity index (χ0) is 20.1. The van der Waals surface area contributed by atoms with E-state index in [1.54, 1.807) is 6.20 Å². The lowest BCUT2D eigenvalue weighted by molar-refractivity contribution is -0.138. The fourth-order valence-corrected chi connectivity index (χ4v) is 6.25. The van der Waals surface area contributed by atoms with E-state index in [1.165, 1.54) is 37.6 Å². The van der Waals surface area contributed by atoms with Crippen LogP contribution < -0.4 is 0 Å². The second kappa shape index (κ2) is 7.25. The fraction of sp³-hybridized carbons (Fsp3) is 0.542. The van der Waals surface area contributed by atoms with Crippen LogP contribution in [-0.4, -0.2) is 42.6 Å². The molecule has 6 heteroatoms. The monoisotopic (exact) mass is 403 g/mol. The first-order valence-corrected chi connectivity index (χ1v) is 11.5. The van der Waals surface area contributed by atoms with Crippen molar-refractivity contribution < 1.29 is 4.79 Å². The highest BCUT2D eigenvalue weighted by Crippen LogP contribution is 2.44. The summed E-state index contributed by atoms with van der Waals surface area (Å²) in [5.74, 6) is 1.31. The molecule has 1 amide bonds. The van der Waals surface area contributed by atoms with Gasteiger partial charge in [-0.2, -0.15) is 5.10 Å². The summed E-state index contributed by atoms with van der Waals surface area (Å²) in [6.45, 7) is 0.978. The summed E-state index contributed by atoms with van der Waals surface area (Å²) >= 11 is 0. The molecule has 3 unspecified atom stereocenters. The van der Waals surface area contributed by atoms with Crippen molar-refractivity contribution in [3.8, 4) is 11.3 Å². The summed E-state index contributed by atoms with van der Waals surface area (Å²) in [4.78, 5) is 20.4. The number of carbonyl (C=O) groups is 1. The molecule has 2 aliphatic heterocycles. The molecule has 6 nitrogen and oxygen atoms in total. The van der Waals surface area contributed by atoms with Crippen LogP contribution in [0.1, 0.15) is 51.4 Å². The SMILES string of the molecule is O=C(C1CCCCC1)N1C2CCC1C(Cn1ccc3nc(-c4cn[nH]c4)ccc31)C2. The normalized spacial score (nSPS) is 26.7. The van der Waals surface area contributed by atoms with Gasteiger partial charge in [-0.3, -0.25) is 9.89 Å². The number of hydrogen-bond donors (Lipinski definition) is 1.